The van der Waals surface area contributed by atoms with Gasteiger partial charge in [0, 0.05) is 30.8 Å². The van der Waals surface area contributed by atoms with E-state index in [1.54, 1.807) is 6.20 Å². The highest BCUT2D eigenvalue weighted by molar-refractivity contribution is 5.75. The lowest BCUT2D eigenvalue weighted by molar-refractivity contribution is -0.121. The van der Waals surface area contributed by atoms with E-state index in [1.807, 2.05) is 65.8 Å². The summed E-state index contributed by atoms with van der Waals surface area (Å²) in [7, 11) is 0. The summed E-state index contributed by atoms with van der Waals surface area (Å²) in [5, 5.41) is 7.54. The maximum Gasteiger partial charge on any atom is 0.239 e. The molecule has 0 atom stereocenters. The van der Waals surface area contributed by atoms with Crippen LogP contribution in [0.1, 0.15) is 17.0 Å². The van der Waals surface area contributed by atoms with Crippen LogP contribution in [0.15, 0.2) is 48.9 Å². The predicted molar refractivity (Wildman–Crippen MR) is 92.0 cm³/mol. The molecule has 0 radical (unpaired) electrons. The van der Waals surface area contributed by atoms with Crippen molar-refractivity contribution in [2.45, 2.75) is 26.8 Å². The summed E-state index contributed by atoms with van der Waals surface area (Å²) in [6.45, 7) is 4.96. The highest BCUT2D eigenvalue weighted by Gasteiger charge is 2.13. The van der Waals surface area contributed by atoms with Crippen LogP contribution < -0.4 is 5.32 Å². The van der Waals surface area contributed by atoms with E-state index in [0.29, 0.717) is 13.1 Å². The smallest absolute Gasteiger partial charge is 0.239 e. The second kappa shape index (κ2) is 7.12. The SMILES string of the molecule is Cc1nn(-c2ccccn2)c(C)c1CCNC(=O)Cn1cccc1. The Bertz CT molecular complexity index is 806. The van der Waals surface area contributed by atoms with Crippen LogP contribution in [0.5, 0.6) is 0 Å². The lowest BCUT2D eigenvalue weighted by Crippen LogP contribution is -2.29. The number of nitrogens with zero attached hydrogens (tertiary/aromatic N) is 4. The molecule has 6 heteroatoms. The van der Waals surface area contributed by atoms with Gasteiger partial charge in [-0.2, -0.15) is 5.10 Å². The summed E-state index contributed by atoms with van der Waals surface area (Å²) < 4.78 is 3.71. The predicted octanol–water partition coefficient (Wildman–Crippen LogP) is 2.04. The van der Waals surface area contributed by atoms with Gasteiger partial charge >= 0.3 is 0 Å². The fourth-order valence-electron chi connectivity index (χ4n) is 2.76. The van der Waals surface area contributed by atoms with Crippen molar-refractivity contribution in [3.63, 3.8) is 0 Å². The van der Waals surface area contributed by atoms with Crippen LogP contribution in [-0.2, 0) is 17.8 Å². The summed E-state index contributed by atoms with van der Waals surface area (Å²) in [6.07, 6.45) is 6.27. The van der Waals surface area contributed by atoms with Gasteiger partial charge in [-0.1, -0.05) is 6.07 Å². The van der Waals surface area contributed by atoms with Crippen LogP contribution in [0.4, 0.5) is 0 Å². The van der Waals surface area contributed by atoms with Crippen LogP contribution in [0.25, 0.3) is 5.82 Å². The molecule has 0 aromatic carbocycles. The normalized spacial score (nSPS) is 10.8. The zero-order chi connectivity index (χ0) is 16.9. The molecule has 24 heavy (non-hydrogen) atoms. The number of hydrogen-bond acceptors (Lipinski definition) is 3. The second-order valence-corrected chi connectivity index (χ2v) is 5.70. The Morgan fingerprint density at radius 1 is 1.17 bits per heavy atom. The van der Waals surface area contributed by atoms with E-state index in [9.17, 15) is 4.79 Å². The molecule has 3 aromatic rings. The van der Waals surface area contributed by atoms with Gasteiger partial charge in [0.15, 0.2) is 5.82 Å². The Kier molecular flexibility index (Phi) is 4.74. The van der Waals surface area contributed by atoms with Crippen molar-refractivity contribution in [1.82, 2.24) is 24.6 Å². The van der Waals surface area contributed by atoms with E-state index >= 15 is 0 Å². The standard InChI is InChI=1S/C18H21N5O/c1-14-16(8-10-20-18(24)13-22-11-5-6-12-22)15(2)23(21-14)17-7-3-4-9-19-17/h3-7,9,11-12H,8,10,13H2,1-2H3,(H,20,24). The summed E-state index contributed by atoms with van der Waals surface area (Å²) in [5.41, 5.74) is 3.19. The Morgan fingerprint density at radius 2 is 1.96 bits per heavy atom. The van der Waals surface area contributed by atoms with Gasteiger partial charge < -0.3 is 9.88 Å². The van der Waals surface area contributed by atoms with Crippen LogP contribution >= 0.6 is 0 Å². The highest BCUT2D eigenvalue weighted by Crippen LogP contribution is 2.16. The Morgan fingerprint density at radius 3 is 2.67 bits per heavy atom. The maximum absolute atomic E-state index is 11.9. The number of carbonyl (C=O) groups is 1. The molecular formula is C18H21N5O. The zero-order valence-corrected chi connectivity index (χ0v) is 13.9. The summed E-state index contributed by atoms with van der Waals surface area (Å²) in [5.74, 6) is 0.819. The first-order valence-corrected chi connectivity index (χ1v) is 7.99. The molecular weight excluding hydrogens is 302 g/mol. The number of pyridine rings is 1. The second-order valence-electron chi connectivity index (χ2n) is 5.70. The van der Waals surface area contributed by atoms with E-state index in [2.05, 4.69) is 15.4 Å². The van der Waals surface area contributed by atoms with Gasteiger partial charge in [-0.25, -0.2) is 9.67 Å². The summed E-state index contributed by atoms with van der Waals surface area (Å²) >= 11 is 0. The molecule has 1 N–H and O–H groups in total. The van der Waals surface area contributed by atoms with Crippen molar-refractivity contribution >= 4 is 5.91 Å². The lowest BCUT2D eigenvalue weighted by Gasteiger charge is -2.07. The first-order chi connectivity index (χ1) is 11.6. The minimum absolute atomic E-state index is 0.0126. The van der Waals surface area contributed by atoms with E-state index in [0.717, 1.165) is 29.2 Å². The number of rotatable bonds is 6. The fourth-order valence-corrected chi connectivity index (χ4v) is 2.76. The van der Waals surface area contributed by atoms with Crippen molar-refractivity contribution in [2.24, 2.45) is 0 Å². The topological polar surface area (TPSA) is 64.7 Å². The van der Waals surface area contributed by atoms with E-state index < -0.39 is 0 Å². The molecule has 0 aliphatic carbocycles. The Hall–Kier alpha value is -2.89. The van der Waals surface area contributed by atoms with E-state index in [-0.39, 0.29) is 5.91 Å². The van der Waals surface area contributed by atoms with Crippen molar-refractivity contribution < 1.29 is 4.79 Å². The van der Waals surface area contributed by atoms with Gasteiger partial charge in [-0.05, 0) is 50.1 Å². The maximum atomic E-state index is 11.9. The molecule has 0 unspecified atom stereocenters. The van der Waals surface area contributed by atoms with Gasteiger partial charge in [-0.15, -0.1) is 0 Å². The molecule has 3 aromatic heterocycles. The monoisotopic (exact) mass is 323 g/mol. The fraction of sp³-hybridized carbons (Fsp3) is 0.278. The van der Waals surface area contributed by atoms with Crippen LogP contribution in [0.2, 0.25) is 0 Å². The number of hydrogen-bond donors (Lipinski definition) is 1. The van der Waals surface area contributed by atoms with Crippen molar-refractivity contribution in [2.75, 3.05) is 6.54 Å². The molecule has 0 saturated carbocycles. The number of nitrogens with one attached hydrogen (secondary N) is 1. The minimum Gasteiger partial charge on any atom is -0.354 e. The van der Waals surface area contributed by atoms with Crippen molar-refractivity contribution in [3.05, 3.63) is 65.9 Å². The number of aryl methyl sites for hydroxylation is 1. The third kappa shape index (κ3) is 3.53. The largest absolute Gasteiger partial charge is 0.354 e. The first-order valence-electron chi connectivity index (χ1n) is 7.99. The van der Waals surface area contributed by atoms with Crippen LogP contribution in [-0.4, -0.2) is 31.8 Å². The average molecular weight is 323 g/mol. The van der Waals surface area contributed by atoms with Gasteiger partial charge in [0.2, 0.25) is 5.91 Å². The van der Waals surface area contributed by atoms with Crippen molar-refractivity contribution in [1.29, 1.82) is 0 Å². The molecule has 6 nitrogen and oxygen atoms in total. The number of aromatic nitrogens is 4. The van der Waals surface area contributed by atoms with Gasteiger partial charge in [-0.3, -0.25) is 4.79 Å². The first kappa shape index (κ1) is 16.0. The molecule has 0 fully saturated rings. The van der Waals surface area contributed by atoms with Crippen molar-refractivity contribution in [3.8, 4) is 5.82 Å². The molecule has 1 amide bonds. The molecule has 0 spiro atoms. The van der Waals surface area contributed by atoms with Gasteiger partial charge in [0.05, 0.1) is 5.69 Å². The molecule has 0 bridgehead atoms. The average Bonchev–Trinajstić information content (AvgIpc) is 3.18. The number of amides is 1. The minimum atomic E-state index is 0.0126. The van der Waals surface area contributed by atoms with E-state index in [1.165, 1.54) is 0 Å². The highest BCUT2D eigenvalue weighted by atomic mass is 16.1. The third-order valence-electron chi connectivity index (χ3n) is 4.00. The van der Waals surface area contributed by atoms with Crippen LogP contribution in [0.3, 0.4) is 0 Å². The lowest BCUT2D eigenvalue weighted by atomic mass is 10.1. The van der Waals surface area contributed by atoms with Gasteiger partial charge in [0.25, 0.3) is 0 Å². The molecule has 124 valence electrons. The zero-order valence-electron chi connectivity index (χ0n) is 13.9. The molecule has 3 rings (SSSR count). The molecule has 0 saturated heterocycles. The van der Waals surface area contributed by atoms with E-state index in [4.69, 9.17) is 0 Å². The molecule has 0 aliphatic heterocycles. The van der Waals surface area contributed by atoms with Crippen LogP contribution in [0, 0.1) is 13.8 Å². The van der Waals surface area contributed by atoms with Gasteiger partial charge in [0.1, 0.15) is 6.54 Å². The summed E-state index contributed by atoms with van der Waals surface area (Å²) in [4.78, 5) is 16.3. The summed E-state index contributed by atoms with van der Waals surface area (Å²) in [6, 6.07) is 9.58. The molecule has 0 aliphatic rings. The Labute approximate surface area is 141 Å². The molecule has 3 heterocycles. The number of carbonyl (C=O) groups excluding carboxylic acids is 1. The Balaban J connectivity index is 1.61. The quantitative estimate of drug-likeness (QED) is 0.755. The third-order valence-corrected chi connectivity index (χ3v) is 4.00.